The van der Waals surface area contributed by atoms with Crippen LogP contribution >= 0.6 is 0 Å². The highest BCUT2D eigenvalue weighted by Crippen LogP contribution is 2.68. The Labute approximate surface area is 153 Å². The highest BCUT2D eigenvalue weighted by atomic mass is 15.1. The van der Waals surface area contributed by atoms with Crippen molar-refractivity contribution in [2.45, 2.75) is 84.0 Å². The number of nitrogens with zero attached hydrogens (tertiary/aromatic N) is 2. The van der Waals surface area contributed by atoms with E-state index in [0.29, 0.717) is 16.7 Å². The average molecular weight is 339 g/mol. The fraction of sp³-hybridized carbons (Fsp3) is 0.826. The van der Waals surface area contributed by atoms with Crippen molar-refractivity contribution in [1.29, 1.82) is 0 Å². The molecular formula is C23H34N2. The van der Waals surface area contributed by atoms with Crippen LogP contribution in [-0.2, 0) is 0 Å². The van der Waals surface area contributed by atoms with Crippen molar-refractivity contribution in [3.63, 3.8) is 0 Å². The molecule has 4 fully saturated rings. The number of hydrogen-bond acceptors (Lipinski definition) is 2. The summed E-state index contributed by atoms with van der Waals surface area (Å²) in [5.41, 5.74) is 2.62. The molecule has 0 saturated heterocycles. The lowest BCUT2D eigenvalue weighted by Gasteiger charge is -2.60. The molecule has 5 rings (SSSR count). The summed E-state index contributed by atoms with van der Waals surface area (Å²) in [4.78, 5) is 0. The van der Waals surface area contributed by atoms with E-state index in [9.17, 15) is 0 Å². The Morgan fingerprint density at radius 1 is 0.840 bits per heavy atom. The van der Waals surface area contributed by atoms with Gasteiger partial charge in [-0.15, -0.1) is 0 Å². The first-order valence-electron chi connectivity index (χ1n) is 10.9. The van der Waals surface area contributed by atoms with Crippen LogP contribution in [0.15, 0.2) is 18.5 Å². The van der Waals surface area contributed by atoms with Crippen LogP contribution < -0.4 is 0 Å². The summed E-state index contributed by atoms with van der Waals surface area (Å²) >= 11 is 0. The monoisotopic (exact) mass is 338 g/mol. The zero-order chi connectivity index (χ0) is 17.1. The van der Waals surface area contributed by atoms with Crippen LogP contribution in [0.4, 0.5) is 0 Å². The third-order valence-corrected chi connectivity index (χ3v) is 9.59. The van der Waals surface area contributed by atoms with Crippen LogP contribution in [-0.4, -0.2) is 10.2 Å². The molecule has 4 aliphatic carbocycles. The van der Waals surface area contributed by atoms with Gasteiger partial charge in [0, 0.05) is 6.20 Å². The summed E-state index contributed by atoms with van der Waals surface area (Å²) in [6.07, 6.45) is 18.7. The molecule has 0 N–H and O–H groups in total. The maximum absolute atomic E-state index is 4.19. The number of aromatic nitrogens is 2. The molecule has 1 aromatic rings. The fourth-order valence-corrected chi connectivity index (χ4v) is 8.35. The quantitative estimate of drug-likeness (QED) is 0.628. The van der Waals surface area contributed by atoms with Crippen LogP contribution in [0, 0.1) is 34.5 Å². The van der Waals surface area contributed by atoms with Gasteiger partial charge in [0.1, 0.15) is 0 Å². The Bertz CT molecular complexity index is 628. The molecule has 4 aliphatic rings. The Balaban J connectivity index is 1.45. The smallest absolute Gasteiger partial charge is 0.0531 e. The maximum atomic E-state index is 4.19. The lowest BCUT2D eigenvalue weighted by atomic mass is 9.45. The second-order valence-corrected chi connectivity index (χ2v) is 10.3. The largest absolute Gasteiger partial charge is 0.159 e. The van der Waals surface area contributed by atoms with Gasteiger partial charge in [0.25, 0.3) is 0 Å². The first kappa shape index (κ1) is 16.3. The first-order valence-corrected chi connectivity index (χ1v) is 10.9. The van der Waals surface area contributed by atoms with Gasteiger partial charge in [-0.05, 0) is 103 Å². The predicted octanol–water partition coefficient (Wildman–Crippen LogP) is 5.99. The number of hydrogen-bond donors (Lipinski definition) is 0. The Kier molecular flexibility index (Phi) is 3.77. The predicted molar refractivity (Wildman–Crippen MR) is 101 cm³/mol. The van der Waals surface area contributed by atoms with Crippen LogP contribution in [0.25, 0.3) is 0 Å². The number of rotatable bonds is 1. The van der Waals surface area contributed by atoms with Gasteiger partial charge in [0.15, 0.2) is 0 Å². The molecule has 0 unspecified atom stereocenters. The summed E-state index contributed by atoms with van der Waals surface area (Å²) in [5, 5.41) is 8.21. The molecule has 7 atom stereocenters. The van der Waals surface area contributed by atoms with Crippen molar-refractivity contribution in [1.82, 2.24) is 10.2 Å². The molecule has 0 spiro atoms. The van der Waals surface area contributed by atoms with Crippen LogP contribution in [0.3, 0.4) is 0 Å². The van der Waals surface area contributed by atoms with Crippen molar-refractivity contribution in [2.24, 2.45) is 34.5 Å². The molecule has 0 bridgehead atoms. The number of fused-ring (bicyclic) bond motifs is 5. The molecule has 4 saturated carbocycles. The molecule has 0 aromatic carbocycles. The van der Waals surface area contributed by atoms with Crippen LogP contribution in [0.1, 0.15) is 89.5 Å². The van der Waals surface area contributed by atoms with Gasteiger partial charge in [0.05, 0.1) is 6.20 Å². The lowest BCUT2D eigenvalue weighted by Crippen LogP contribution is -2.52. The van der Waals surface area contributed by atoms with Crippen LogP contribution in [0.2, 0.25) is 0 Å². The van der Waals surface area contributed by atoms with E-state index in [1.165, 1.54) is 69.8 Å². The van der Waals surface area contributed by atoms with Gasteiger partial charge in [0.2, 0.25) is 0 Å². The minimum absolute atomic E-state index is 0.502. The molecular weight excluding hydrogens is 304 g/mol. The standard InChI is InChI=1S/C23H34N2/c1-22-12-4-3-5-17(22)6-7-18-20-9-8-19(16-11-14-24-25-15-16)23(20,2)13-10-21(18)22/h11,14-15,17-21H,3-10,12-13H2,1-2H3/t17-,18-,19+,20-,21-,22-,23+/m0/s1. The minimum atomic E-state index is 0.502. The SMILES string of the molecule is C[C@]12CCCC[C@H]1CC[C@@H]1[C@@H]2CC[C@]2(C)[C@@H](c3ccnnc3)CC[C@@H]12. The van der Waals surface area contributed by atoms with Crippen LogP contribution in [0.5, 0.6) is 0 Å². The lowest BCUT2D eigenvalue weighted by molar-refractivity contribution is -0.105. The Morgan fingerprint density at radius 3 is 2.56 bits per heavy atom. The first-order chi connectivity index (χ1) is 12.1. The van der Waals surface area contributed by atoms with Gasteiger partial charge in [-0.1, -0.05) is 26.7 Å². The van der Waals surface area contributed by atoms with Crippen molar-refractivity contribution in [3.8, 4) is 0 Å². The van der Waals surface area contributed by atoms with Gasteiger partial charge < -0.3 is 0 Å². The van der Waals surface area contributed by atoms with E-state index < -0.39 is 0 Å². The van der Waals surface area contributed by atoms with E-state index in [0.717, 1.165) is 23.7 Å². The van der Waals surface area contributed by atoms with Gasteiger partial charge >= 0.3 is 0 Å². The van der Waals surface area contributed by atoms with E-state index in [-0.39, 0.29) is 0 Å². The Hall–Kier alpha value is -0.920. The highest BCUT2D eigenvalue weighted by molar-refractivity contribution is 5.22. The molecule has 0 radical (unpaired) electrons. The summed E-state index contributed by atoms with van der Waals surface area (Å²) in [6.45, 7) is 5.32. The van der Waals surface area contributed by atoms with Crippen molar-refractivity contribution in [2.75, 3.05) is 0 Å². The van der Waals surface area contributed by atoms with E-state index in [2.05, 4.69) is 30.1 Å². The zero-order valence-electron chi connectivity index (χ0n) is 16.1. The van der Waals surface area contributed by atoms with E-state index in [1.54, 1.807) is 0 Å². The Morgan fingerprint density at radius 2 is 1.72 bits per heavy atom. The third-order valence-electron chi connectivity index (χ3n) is 9.59. The topological polar surface area (TPSA) is 25.8 Å². The minimum Gasteiger partial charge on any atom is -0.159 e. The fourth-order valence-electron chi connectivity index (χ4n) is 8.35. The second-order valence-electron chi connectivity index (χ2n) is 10.3. The van der Waals surface area contributed by atoms with Crippen molar-refractivity contribution < 1.29 is 0 Å². The molecule has 2 heteroatoms. The molecule has 1 aromatic heterocycles. The van der Waals surface area contributed by atoms with Gasteiger partial charge in [-0.2, -0.15) is 10.2 Å². The van der Waals surface area contributed by atoms with Gasteiger partial charge in [-0.3, -0.25) is 0 Å². The van der Waals surface area contributed by atoms with Crippen molar-refractivity contribution in [3.05, 3.63) is 24.0 Å². The zero-order valence-corrected chi connectivity index (χ0v) is 16.1. The van der Waals surface area contributed by atoms with Gasteiger partial charge in [-0.25, -0.2) is 0 Å². The third kappa shape index (κ3) is 2.28. The summed E-state index contributed by atoms with van der Waals surface area (Å²) in [5.74, 6) is 4.71. The van der Waals surface area contributed by atoms with E-state index in [4.69, 9.17) is 0 Å². The summed E-state index contributed by atoms with van der Waals surface area (Å²) in [6, 6.07) is 2.23. The normalized spacial score (nSPS) is 49.1. The average Bonchev–Trinajstić information content (AvgIpc) is 2.99. The molecule has 0 aliphatic heterocycles. The molecule has 1 heterocycles. The second kappa shape index (κ2) is 5.79. The molecule has 25 heavy (non-hydrogen) atoms. The van der Waals surface area contributed by atoms with E-state index in [1.807, 2.05) is 12.4 Å². The maximum Gasteiger partial charge on any atom is 0.0531 e. The van der Waals surface area contributed by atoms with E-state index >= 15 is 0 Å². The van der Waals surface area contributed by atoms with Crippen molar-refractivity contribution >= 4 is 0 Å². The molecule has 136 valence electrons. The summed E-state index contributed by atoms with van der Waals surface area (Å²) in [7, 11) is 0. The molecule has 0 amide bonds. The highest BCUT2D eigenvalue weighted by Gasteiger charge is 2.59. The molecule has 2 nitrogen and oxygen atoms in total. The summed E-state index contributed by atoms with van der Waals surface area (Å²) < 4.78 is 0.